The number of aliphatic hydroxyl groups is 1. The van der Waals surface area contributed by atoms with Gasteiger partial charge in [0.25, 0.3) is 0 Å². The molecule has 1 rings (SSSR count). The third kappa shape index (κ3) is 2.59. The van der Waals surface area contributed by atoms with E-state index in [1.807, 2.05) is 19.3 Å². The van der Waals surface area contributed by atoms with Crippen molar-refractivity contribution < 1.29 is 5.11 Å². The van der Waals surface area contributed by atoms with Crippen LogP contribution in [0.15, 0.2) is 16.9 Å². The zero-order valence-electron chi connectivity index (χ0n) is 8.79. The highest BCUT2D eigenvalue weighted by atomic mass is 79.9. The molecule has 4 heteroatoms. The van der Waals surface area contributed by atoms with Gasteiger partial charge >= 0.3 is 0 Å². The van der Waals surface area contributed by atoms with Crippen molar-refractivity contribution in [2.75, 3.05) is 13.6 Å². The van der Waals surface area contributed by atoms with Gasteiger partial charge in [0.15, 0.2) is 0 Å². The summed E-state index contributed by atoms with van der Waals surface area (Å²) in [5.74, 6) is 0. The lowest BCUT2D eigenvalue weighted by molar-refractivity contribution is 0.177. The van der Waals surface area contributed by atoms with Crippen LogP contribution in [0.1, 0.15) is 31.6 Å². The Morgan fingerprint density at radius 1 is 1.57 bits per heavy atom. The van der Waals surface area contributed by atoms with Crippen LogP contribution in [0, 0.1) is 0 Å². The van der Waals surface area contributed by atoms with Crippen molar-refractivity contribution in [1.29, 1.82) is 0 Å². The molecule has 0 fully saturated rings. The molecule has 1 unspecified atom stereocenters. The van der Waals surface area contributed by atoms with Crippen LogP contribution in [-0.4, -0.2) is 23.3 Å². The van der Waals surface area contributed by atoms with Gasteiger partial charge in [0, 0.05) is 24.3 Å². The monoisotopic (exact) mass is 260 g/mol. The number of likely N-dealkylation sites (N-methyl/N-ethyl adjacent to an activating group) is 1. The molecule has 1 atom stereocenters. The molecule has 0 saturated heterocycles. The van der Waals surface area contributed by atoms with E-state index >= 15 is 0 Å². The molecule has 2 N–H and O–H groups in total. The quantitative estimate of drug-likeness (QED) is 0.870. The van der Waals surface area contributed by atoms with Crippen molar-refractivity contribution in [2.24, 2.45) is 0 Å². The van der Waals surface area contributed by atoms with E-state index in [0.717, 1.165) is 10.2 Å². The summed E-state index contributed by atoms with van der Waals surface area (Å²) in [5.41, 5.74) is 0.944. The second-order valence-corrected chi connectivity index (χ2v) is 4.48. The predicted octanol–water partition coefficient (Wildman–Crippen LogP) is 2.08. The number of nitrogens with zero attached hydrogens (tertiary/aromatic N) is 1. The highest BCUT2D eigenvalue weighted by Crippen LogP contribution is 2.23. The molecular formula is C10H17BrN2O. The van der Waals surface area contributed by atoms with Crippen LogP contribution in [-0.2, 0) is 0 Å². The van der Waals surface area contributed by atoms with Gasteiger partial charge in [-0.1, -0.05) is 0 Å². The molecular weight excluding hydrogens is 244 g/mol. The molecule has 0 bridgehead atoms. The van der Waals surface area contributed by atoms with E-state index in [9.17, 15) is 5.11 Å². The fourth-order valence-electron chi connectivity index (χ4n) is 1.36. The van der Waals surface area contributed by atoms with Gasteiger partial charge < -0.3 is 15.0 Å². The van der Waals surface area contributed by atoms with Crippen molar-refractivity contribution >= 4 is 15.9 Å². The minimum absolute atomic E-state index is 0.403. The second-order valence-electron chi connectivity index (χ2n) is 3.67. The van der Waals surface area contributed by atoms with Gasteiger partial charge in [-0.05, 0) is 42.9 Å². The number of rotatable bonds is 4. The second kappa shape index (κ2) is 4.96. The fraction of sp³-hybridized carbons (Fsp3) is 0.600. The Hall–Kier alpha value is -0.320. The van der Waals surface area contributed by atoms with Gasteiger partial charge in [-0.25, -0.2) is 0 Å². The molecule has 14 heavy (non-hydrogen) atoms. The minimum Gasteiger partial charge on any atom is -0.387 e. The highest BCUT2D eigenvalue weighted by Gasteiger charge is 2.12. The van der Waals surface area contributed by atoms with Gasteiger partial charge in [-0.3, -0.25) is 0 Å². The fourth-order valence-corrected chi connectivity index (χ4v) is 2.14. The average molecular weight is 261 g/mol. The third-order valence-corrected chi connectivity index (χ3v) is 2.80. The zero-order valence-corrected chi connectivity index (χ0v) is 10.4. The Morgan fingerprint density at radius 2 is 2.21 bits per heavy atom. The van der Waals surface area contributed by atoms with Crippen molar-refractivity contribution in [3.8, 4) is 0 Å². The number of halogens is 1. The molecule has 0 aliphatic carbocycles. The normalized spacial score (nSPS) is 13.6. The van der Waals surface area contributed by atoms with Crippen molar-refractivity contribution in [3.05, 3.63) is 22.4 Å². The maximum atomic E-state index is 9.74. The summed E-state index contributed by atoms with van der Waals surface area (Å²) >= 11 is 3.47. The SMILES string of the molecule is CNCC(O)c1cc(Br)n(C(C)C)c1. The summed E-state index contributed by atoms with van der Waals surface area (Å²) < 4.78 is 3.10. The molecule has 1 aromatic rings. The Bertz CT molecular complexity index is 296. The summed E-state index contributed by atoms with van der Waals surface area (Å²) in [5, 5.41) is 12.7. The number of hydrogen-bond acceptors (Lipinski definition) is 2. The van der Waals surface area contributed by atoms with E-state index in [1.54, 1.807) is 0 Å². The number of hydrogen-bond donors (Lipinski definition) is 2. The predicted molar refractivity (Wildman–Crippen MR) is 61.4 cm³/mol. The lowest BCUT2D eigenvalue weighted by Gasteiger charge is -2.09. The van der Waals surface area contributed by atoms with E-state index in [2.05, 4.69) is 39.7 Å². The minimum atomic E-state index is -0.434. The largest absolute Gasteiger partial charge is 0.387 e. The van der Waals surface area contributed by atoms with E-state index in [-0.39, 0.29) is 0 Å². The van der Waals surface area contributed by atoms with Gasteiger partial charge in [0.1, 0.15) is 0 Å². The van der Waals surface area contributed by atoms with Crippen LogP contribution in [0.3, 0.4) is 0 Å². The van der Waals surface area contributed by atoms with E-state index in [1.165, 1.54) is 0 Å². The zero-order chi connectivity index (χ0) is 10.7. The first-order chi connectivity index (χ1) is 6.56. The lowest BCUT2D eigenvalue weighted by atomic mass is 10.2. The molecule has 0 spiro atoms. The molecule has 0 aromatic carbocycles. The number of aliphatic hydroxyl groups excluding tert-OH is 1. The van der Waals surface area contributed by atoms with Crippen LogP contribution >= 0.6 is 15.9 Å². The summed E-state index contributed by atoms with van der Waals surface area (Å²) in [7, 11) is 1.83. The van der Waals surface area contributed by atoms with Crippen LogP contribution in [0.4, 0.5) is 0 Å². The Morgan fingerprint density at radius 3 is 2.64 bits per heavy atom. The molecule has 0 saturated carbocycles. The highest BCUT2D eigenvalue weighted by molar-refractivity contribution is 9.10. The Kier molecular flexibility index (Phi) is 4.16. The van der Waals surface area contributed by atoms with E-state index < -0.39 is 6.10 Å². The van der Waals surface area contributed by atoms with Crippen LogP contribution < -0.4 is 5.32 Å². The molecule has 0 aliphatic rings. The maximum absolute atomic E-state index is 9.74. The first-order valence-electron chi connectivity index (χ1n) is 4.76. The van der Waals surface area contributed by atoms with Crippen LogP contribution in [0.5, 0.6) is 0 Å². The molecule has 1 heterocycles. The number of nitrogens with one attached hydrogen (secondary N) is 1. The smallest absolute Gasteiger partial charge is 0.0929 e. The van der Waals surface area contributed by atoms with Gasteiger partial charge in [-0.15, -0.1) is 0 Å². The molecule has 80 valence electrons. The van der Waals surface area contributed by atoms with Gasteiger partial charge in [0.05, 0.1) is 10.7 Å². The van der Waals surface area contributed by atoms with Crippen molar-refractivity contribution in [1.82, 2.24) is 9.88 Å². The molecule has 0 aliphatic heterocycles. The van der Waals surface area contributed by atoms with E-state index in [4.69, 9.17) is 0 Å². The van der Waals surface area contributed by atoms with Crippen molar-refractivity contribution in [2.45, 2.75) is 26.0 Å². The molecule has 1 aromatic heterocycles. The summed E-state index contributed by atoms with van der Waals surface area (Å²) in [4.78, 5) is 0. The maximum Gasteiger partial charge on any atom is 0.0929 e. The Labute approximate surface area is 93.3 Å². The van der Waals surface area contributed by atoms with E-state index in [0.29, 0.717) is 12.6 Å². The van der Waals surface area contributed by atoms with Crippen LogP contribution in [0.25, 0.3) is 0 Å². The van der Waals surface area contributed by atoms with Gasteiger partial charge in [0.2, 0.25) is 0 Å². The lowest BCUT2D eigenvalue weighted by Crippen LogP contribution is -2.16. The first kappa shape index (κ1) is 11.8. The molecule has 0 amide bonds. The van der Waals surface area contributed by atoms with Gasteiger partial charge in [-0.2, -0.15) is 0 Å². The average Bonchev–Trinajstić information content (AvgIpc) is 2.48. The summed E-state index contributed by atoms with van der Waals surface area (Å²) in [6, 6.07) is 2.36. The van der Waals surface area contributed by atoms with Crippen LogP contribution in [0.2, 0.25) is 0 Å². The number of aromatic nitrogens is 1. The standard InChI is InChI=1S/C10H17BrN2O/c1-7(2)13-6-8(4-10(13)11)9(14)5-12-3/h4,6-7,9,12,14H,5H2,1-3H3. The van der Waals surface area contributed by atoms with Crippen molar-refractivity contribution in [3.63, 3.8) is 0 Å². The summed E-state index contributed by atoms with van der Waals surface area (Å²) in [6.07, 6.45) is 1.55. The topological polar surface area (TPSA) is 37.2 Å². The first-order valence-corrected chi connectivity index (χ1v) is 5.55. The molecule has 3 nitrogen and oxygen atoms in total. The molecule has 0 radical (unpaired) electrons. The third-order valence-electron chi connectivity index (χ3n) is 2.16. The Balaban J connectivity index is 2.85. The summed E-state index contributed by atoms with van der Waals surface area (Å²) in [6.45, 7) is 4.80.